The fourth-order valence-electron chi connectivity index (χ4n) is 4.86. The van der Waals surface area contributed by atoms with Crippen LogP contribution in [-0.4, -0.2) is 27.4 Å². The maximum absolute atomic E-state index is 12.1. The highest BCUT2D eigenvalue weighted by Crippen LogP contribution is 2.27. The fraction of sp³-hybridized carbons (Fsp3) is 0.323. The summed E-state index contributed by atoms with van der Waals surface area (Å²) in [6, 6.07) is 21.1. The van der Waals surface area contributed by atoms with Gasteiger partial charge in [-0.1, -0.05) is 87.6 Å². The summed E-state index contributed by atoms with van der Waals surface area (Å²) in [7, 11) is 0. The van der Waals surface area contributed by atoms with Gasteiger partial charge in [0.1, 0.15) is 0 Å². The lowest BCUT2D eigenvalue weighted by molar-refractivity contribution is 0.0946. The van der Waals surface area contributed by atoms with Crippen LogP contribution in [-0.2, 0) is 12.8 Å². The maximum atomic E-state index is 12.1. The van der Waals surface area contributed by atoms with Crippen LogP contribution in [0.4, 0.5) is 0 Å². The van der Waals surface area contributed by atoms with E-state index in [-0.39, 0.29) is 5.91 Å². The number of hydrogen-bond donors (Lipinski definition) is 2. The van der Waals surface area contributed by atoms with Gasteiger partial charge in [0, 0.05) is 30.4 Å². The van der Waals surface area contributed by atoms with Gasteiger partial charge in [0.25, 0.3) is 5.91 Å². The van der Waals surface area contributed by atoms with Gasteiger partial charge in [-0.05, 0) is 41.7 Å². The normalized spacial score (nSPS) is 12.9. The number of rotatable bonds is 10. The summed E-state index contributed by atoms with van der Waals surface area (Å²) >= 11 is 0. The molecule has 184 valence electrons. The lowest BCUT2D eigenvalue weighted by Gasteiger charge is -2.10. The van der Waals surface area contributed by atoms with Gasteiger partial charge in [0.2, 0.25) is 0 Å². The van der Waals surface area contributed by atoms with Crippen LogP contribution in [0.1, 0.15) is 67.1 Å². The van der Waals surface area contributed by atoms with Crippen LogP contribution in [0.25, 0.3) is 33.9 Å². The van der Waals surface area contributed by atoms with Gasteiger partial charge >= 0.3 is 0 Å². The Labute approximate surface area is 213 Å². The summed E-state index contributed by atoms with van der Waals surface area (Å²) in [6.07, 6.45) is 11.7. The largest absolute Gasteiger partial charge is 0.356 e. The second-order valence-corrected chi connectivity index (χ2v) is 9.64. The molecule has 0 aliphatic carbocycles. The number of amides is 1. The minimum atomic E-state index is -0.0286. The smallest absolute Gasteiger partial charge is 0.253 e. The molecule has 1 aliphatic heterocycles. The zero-order chi connectivity index (χ0) is 24.7. The van der Waals surface area contributed by atoms with Crippen LogP contribution in [0.15, 0.2) is 66.9 Å². The van der Waals surface area contributed by atoms with Crippen LogP contribution in [0.2, 0.25) is 0 Å². The van der Waals surface area contributed by atoms with Gasteiger partial charge in [-0.25, -0.2) is 9.97 Å². The molecule has 2 aromatic carbocycles. The molecule has 0 unspecified atom stereocenters. The van der Waals surface area contributed by atoms with Crippen molar-refractivity contribution >= 4 is 5.91 Å². The molecule has 0 saturated carbocycles. The third-order valence-electron chi connectivity index (χ3n) is 6.99. The maximum Gasteiger partial charge on any atom is 0.253 e. The topological polar surface area (TPSA) is 70.7 Å². The molecule has 36 heavy (non-hydrogen) atoms. The number of aryl methyl sites for hydroxylation is 1. The second-order valence-electron chi connectivity index (χ2n) is 9.64. The van der Waals surface area contributed by atoms with Crippen LogP contribution in [0.5, 0.6) is 0 Å². The van der Waals surface area contributed by atoms with Gasteiger partial charge in [0.05, 0.1) is 17.0 Å². The Kier molecular flexibility index (Phi) is 7.55. The number of unbranched alkanes of at least 4 members (excludes halogenated alkanes) is 5. The monoisotopic (exact) mass is 478 g/mol. The summed E-state index contributed by atoms with van der Waals surface area (Å²) in [5.74, 6) is 0.643. The van der Waals surface area contributed by atoms with Crippen molar-refractivity contribution in [3.8, 4) is 33.9 Å². The Hall–Kier alpha value is -3.73. The lowest BCUT2D eigenvalue weighted by atomic mass is 10.00. The molecule has 2 aromatic heterocycles. The Morgan fingerprint density at radius 1 is 0.833 bits per heavy atom. The summed E-state index contributed by atoms with van der Waals surface area (Å²) in [4.78, 5) is 24.7. The first-order valence-electron chi connectivity index (χ1n) is 13.2. The van der Waals surface area contributed by atoms with Gasteiger partial charge < -0.3 is 10.3 Å². The molecule has 0 bridgehead atoms. The molecule has 3 heterocycles. The minimum absolute atomic E-state index is 0.0286. The molecule has 0 atom stereocenters. The van der Waals surface area contributed by atoms with Crippen molar-refractivity contribution in [2.24, 2.45) is 0 Å². The van der Waals surface area contributed by atoms with E-state index in [0.29, 0.717) is 17.9 Å². The Bertz CT molecular complexity index is 1310. The standard InChI is InChI=1S/C31H34N4O/c1-2-3-4-5-6-7-8-22-9-11-23(12-10-22)24-13-15-25(16-14-24)30-32-19-18-28(35-30)29-21-26-27(34-29)17-20-33-31(26)36/h9-16,18-19,21,34H,2-8,17,20H2,1H3,(H,33,36). The highest BCUT2D eigenvalue weighted by Gasteiger charge is 2.20. The number of carbonyl (C=O) groups is 1. The molecule has 1 amide bonds. The molecule has 1 aliphatic rings. The zero-order valence-corrected chi connectivity index (χ0v) is 21.0. The molecular formula is C31H34N4O. The van der Waals surface area contributed by atoms with Crippen molar-refractivity contribution in [2.75, 3.05) is 6.54 Å². The van der Waals surface area contributed by atoms with Gasteiger partial charge in [-0.15, -0.1) is 0 Å². The van der Waals surface area contributed by atoms with Gasteiger partial charge in [-0.3, -0.25) is 4.79 Å². The van der Waals surface area contributed by atoms with Crippen molar-refractivity contribution in [1.82, 2.24) is 20.3 Å². The molecular weight excluding hydrogens is 444 g/mol. The summed E-state index contributed by atoms with van der Waals surface area (Å²) in [5, 5.41) is 2.89. The van der Waals surface area contributed by atoms with Crippen LogP contribution >= 0.6 is 0 Å². The van der Waals surface area contributed by atoms with E-state index in [9.17, 15) is 4.79 Å². The minimum Gasteiger partial charge on any atom is -0.356 e. The highest BCUT2D eigenvalue weighted by atomic mass is 16.1. The molecule has 4 aromatic rings. The van der Waals surface area contributed by atoms with Crippen LogP contribution in [0.3, 0.4) is 0 Å². The predicted octanol–water partition coefficient (Wildman–Crippen LogP) is 6.99. The number of aromatic amines is 1. The number of benzene rings is 2. The number of nitrogens with zero attached hydrogens (tertiary/aromatic N) is 2. The van der Waals surface area contributed by atoms with Gasteiger partial charge in [-0.2, -0.15) is 0 Å². The van der Waals surface area contributed by atoms with Crippen molar-refractivity contribution in [3.05, 3.63) is 83.7 Å². The number of carbonyl (C=O) groups excluding carboxylic acids is 1. The number of nitrogens with one attached hydrogen (secondary N) is 2. The Morgan fingerprint density at radius 3 is 2.28 bits per heavy atom. The molecule has 5 nitrogen and oxygen atoms in total. The number of fused-ring (bicyclic) bond motifs is 1. The van der Waals surface area contributed by atoms with Gasteiger partial charge in [0.15, 0.2) is 5.82 Å². The first-order valence-corrected chi connectivity index (χ1v) is 13.2. The summed E-state index contributed by atoms with van der Waals surface area (Å²) in [5.41, 5.74) is 8.09. The third kappa shape index (κ3) is 5.56. The summed E-state index contributed by atoms with van der Waals surface area (Å²) < 4.78 is 0. The molecule has 0 saturated heterocycles. The lowest BCUT2D eigenvalue weighted by Crippen LogP contribution is -2.31. The van der Waals surface area contributed by atoms with Crippen molar-refractivity contribution in [1.29, 1.82) is 0 Å². The van der Waals surface area contributed by atoms with E-state index in [4.69, 9.17) is 4.98 Å². The van der Waals surface area contributed by atoms with Crippen LogP contribution in [0, 0.1) is 0 Å². The molecule has 2 N–H and O–H groups in total. The van der Waals surface area contributed by atoms with E-state index in [1.165, 1.54) is 55.2 Å². The Morgan fingerprint density at radius 2 is 1.53 bits per heavy atom. The van der Waals surface area contributed by atoms with Crippen molar-refractivity contribution in [2.45, 2.75) is 58.3 Å². The van der Waals surface area contributed by atoms with Crippen LogP contribution < -0.4 is 5.32 Å². The van der Waals surface area contributed by atoms with Crippen molar-refractivity contribution in [3.63, 3.8) is 0 Å². The van der Waals surface area contributed by atoms with Crippen molar-refractivity contribution < 1.29 is 4.79 Å². The van der Waals surface area contributed by atoms with E-state index >= 15 is 0 Å². The Balaban J connectivity index is 1.24. The molecule has 5 heteroatoms. The molecule has 0 radical (unpaired) electrons. The first kappa shape index (κ1) is 24.0. The molecule has 0 fully saturated rings. The zero-order valence-electron chi connectivity index (χ0n) is 21.0. The average molecular weight is 479 g/mol. The van der Waals surface area contributed by atoms with E-state index in [2.05, 4.69) is 70.7 Å². The second kappa shape index (κ2) is 11.3. The first-order chi connectivity index (χ1) is 17.7. The predicted molar refractivity (Wildman–Crippen MR) is 146 cm³/mol. The highest BCUT2D eigenvalue weighted by molar-refractivity contribution is 5.97. The quantitative estimate of drug-likeness (QED) is 0.241. The molecule has 0 spiro atoms. The number of aromatic nitrogens is 3. The summed E-state index contributed by atoms with van der Waals surface area (Å²) in [6.45, 7) is 2.93. The van der Waals surface area contributed by atoms with E-state index < -0.39 is 0 Å². The molecule has 5 rings (SSSR count). The van der Waals surface area contributed by atoms with E-state index in [0.717, 1.165) is 35.5 Å². The van der Waals surface area contributed by atoms with E-state index in [1.54, 1.807) is 6.20 Å². The average Bonchev–Trinajstić information content (AvgIpc) is 3.37. The fourth-order valence-corrected chi connectivity index (χ4v) is 4.86. The number of H-pyrrole nitrogens is 1. The third-order valence-corrected chi connectivity index (χ3v) is 6.99. The van der Waals surface area contributed by atoms with E-state index in [1.807, 2.05) is 12.1 Å². The number of hydrogen-bond acceptors (Lipinski definition) is 3. The SMILES string of the molecule is CCCCCCCCc1ccc(-c2ccc(-c3nccc(-c4cc5c([nH]4)CCNC5=O)n3)cc2)cc1.